The molecule has 1 N–H and O–H groups in total. The Morgan fingerprint density at radius 2 is 2.12 bits per heavy atom. The molecule has 0 radical (unpaired) electrons. The van der Waals surface area contributed by atoms with Gasteiger partial charge in [-0.25, -0.2) is 4.79 Å². The highest BCUT2D eigenvalue weighted by Gasteiger charge is 2.23. The molecule has 0 saturated carbocycles. The molecule has 0 aromatic heterocycles. The van der Waals surface area contributed by atoms with Crippen molar-refractivity contribution in [2.75, 3.05) is 0 Å². The highest BCUT2D eigenvalue weighted by atomic mass is 35.5. The van der Waals surface area contributed by atoms with Crippen LogP contribution in [0.3, 0.4) is 0 Å². The number of rotatable bonds is 1. The van der Waals surface area contributed by atoms with E-state index in [-0.39, 0.29) is 11.9 Å². The maximum atomic E-state index is 11.1. The number of aliphatic imine (C=N–C) groups is 1. The average molecular weight is 245 g/mol. The van der Waals surface area contributed by atoms with Crippen molar-refractivity contribution in [1.29, 1.82) is 0 Å². The monoisotopic (exact) mass is 244 g/mol. The molecular formula is C13H9ClN2O. The van der Waals surface area contributed by atoms with Gasteiger partial charge in [-0.2, -0.15) is 4.99 Å². The summed E-state index contributed by atoms with van der Waals surface area (Å²) in [6.45, 7) is 0. The van der Waals surface area contributed by atoms with Crippen LogP contribution >= 0.6 is 11.6 Å². The van der Waals surface area contributed by atoms with Gasteiger partial charge in [0.15, 0.2) is 0 Å². The van der Waals surface area contributed by atoms with Crippen molar-refractivity contribution in [2.45, 2.75) is 5.92 Å². The third kappa shape index (κ3) is 1.78. The van der Waals surface area contributed by atoms with E-state index in [0.717, 1.165) is 16.3 Å². The summed E-state index contributed by atoms with van der Waals surface area (Å²) in [4.78, 5) is 15.0. The van der Waals surface area contributed by atoms with Crippen molar-refractivity contribution >= 4 is 23.3 Å². The molecular weight excluding hydrogens is 236 g/mol. The van der Waals surface area contributed by atoms with Crippen molar-refractivity contribution in [3.8, 4) is 0 Å². The number of nitrogens with zero attached hydrogens (tertiary/aromatic N) is 1. The standard InChI is InChI=1S/C13H9ClN2O/c14-10-4-2-1-3-9(10)8-5-6-11-12(7-8)16-13(17)15-11/h1-8H,(H,16,17). The Balaban J connectivity index is 1.99. The van der Waals surface area contributed by atoms with Crippen LogP contribution in [0.4, 0.5) is 4.79 Å². The minimum absolute atomic E-state index is 0.0797. The number of carbonyl (C=O) groups excluding carboxylic acids is 1. The first kappa shape index (κ1) is 10.3. The summed E-state index contributed by atoms with van der Waals surface area (Å²) < 4.78 is 0. The van der Waals surface area contributed by atoms with Crippen molar-refractivity contribution < 1.29 is 4.79 Å². The zero-order valence-corrected chi connectivity index (χ0v) is 9.61. The number of hydrogen-bond acceptors (Lipinski definition) is 1. The maximum Gasteiger partial charge on any atom is 0.346 e. The Labute approximate surface area is 104 Å². The first-order valence-electron chi connectivity index (χ1n) is 5.28. The number of benzene rings is 1. The van der Waals surface area contributed by atoms with E-state index in [1.807, 2.05) is 42.5 Å². The Kier molecular flexibility index (Phi) is 2.34. The topological polar surface area (TPSA) is 41.5 Å². The van der Waals surface area contributed by atoms with E-state index in [2.05, 4.69) is 10.3 Å². The molecule has 1 heterocycles. The summed E-state index contributed by atoms with van der Waals surface area (Å²) in [6, 6.07) is 7.38. The van der Waals surface area contributed by atoms with Crippen LogP contribution in [0.25, 0.3) is 0 Å². The number of fused-ring (bicyclic) bond motifs is 1. The highest BCUT2D eigenvalue weighted by Crippen LogP contribution is 2.30. The summed E-state index contributed by atoms with van der Waals surface area (Å²) in [7, 11) is 0. The molecule has 1 aliphatic carbocycles. The Morgan fingerprint density at radius 1 is 1.29 bits per heavy atom. The van der Waals surface area contributed by atoms with Gasteiger partial charge in [-0.15, -0.1) is 0 Å². The number of halogens is 1. The van der Waals surface area contributed by atoms with Crippen LogP contribution in [0.1, 0.15) is 11.5 Å². The fourth-order valence-corrected chi connectivity index (χ4v) is 2.26. The molecule has 1 atom stereocenters. The molecule has 1 aromatic carbocycles. The number of carbonyl (C=O) groups is 1. The lowest BCUT2D eigenvalue weighted by atomic mass is 9.93. The van der Waals surface area contributed by atoms with Gasteiger partial charge in [0.05, 0.1) is 11.4 Å². The quantitative estimate of drug-likeness (QED) is 0.811. The third-order valence-corrected chi connectivity index (χ3v) is 3.16. The summed E-state index contributed by atoms with van der Waals surface area (Å²) in [5.74, 6) is 0.0797. The molecule has 17 heavy (non-hydrogen) atoms. The molecule has 2 aliphatic rings. The summed E-state index contributed by atoms with van der Waals surface area (Å²) in [5, 5.41) is 3.42. The van der Waals surface area contributed by atoms with E-state index in [0.29, 0.717) is 5.71 Å². The molecule has 3 rings (SSSR count). The van der Waals surface area contributed by atoms with Gasteiger partial charge in [0.1, 0.15) is 0 Å². The van der Waals surface area contributed by atoms with Crippen molar-refractivity contribution in [3.05, 3.63) is 58.8 Å². The van der Waals surface area contributed by atoms with Crippen molar-refractivity contribution in [3.63, 3.8) is 0 Å². The van der Waals surface area contributed by atoms with E-state index < -0.39 is 0 Å². The predicted molar refractivity (Wildman–Crippen MR) is 67.4 cm³/mol. The first-order chi connectivity index (χ1) is 8.24. The number of allylic oxidation sites excluding steroid dienone is 3. The van der Waals surface area contributed by atoms with Crippen LogP contribution in [0.5, 0.6) is 0 Å². The molecule has 1 unspecified atom stereocenters. The molecule has 1 aliphatic heterocycles. The fourth-order valence-electron chi connectivity index (χ4n) is 2.00. The minimum Gasteiger partial charge on any atom is -0.304 e. The van der Waals surface area contributed by atoms with Crippen LogP contribution < -0.4 is 5.32 Å². The van der Waals surface area contributed by atoms with Gasteiger partial charge in [0.25, 0.3) is 0 Å². The van der Waals surface area contributed by atoms with E-state index in [1.165, 1.54) is 0 Å². The Bertz CT molecular complexity index is 587. The van der Waals surface area contributed by atoms with Crippen LogP contribution in [0.15, 0.2) is 53.2 Å². The number of nitrogens with one attached hydrogen (secondary N) is 1. The van der Waals surface area contributed by atoms with Crippen LogP contribution in [0, 0.1) is 0 Å². The number of urea groups is 1. The maximum absolute atomic E-state index is 11.1. The Morgan fingerprint density at radius 3 is 2.94 bits per heavy atom. The Hall–Kier alpha value is -1.87. The number of hydrogen-bond donors (Lipinski definition) is 1. The SMILES string of the molecule is O=C1N=C2C=CC(c3ccccc3Cl)C=C2N1. The lowest BCUT2D eigenvalue weighted by Crippen LogP contribution is -2.17. The van der Waals surface area contributed by atoms with Crippen LogP contribution in [-0.2, 0) is 0 Å². The summed E-state index contributed by atoms with van der Waals surface area (Å²) in [5.41, 5.74) is 2.49. The normalized spacial score (nSPS) is 21.7. The van der Waals surface area contributed by atoms with Gasteiger partial charge in [-0.1, -0.05) is 35.9 Å². The van der Waals surface area contributed by atoms with Gasteiger partial charge < -0.3 is 5.32 Å². The second kappa shape index (κ2) is 3.86. The van der Waals surface area contributed by atoms with Gasteiger partial charge in [-0.05, 0) is 23.8 Å². The second-order valence-electron chi connectivity index (χ2n) is 3.91. The smallest absolute Gasteiger partial charge is 0.304 e. The van der Waals surface area contributed by atoms with E-state index in [1.54, 1.807) is 0 Å². The van der Waals surface area contributed by atoms with E-state index in [9.17, 15) is 4.79 Å². The number of amides is 2. The van der Waals surface area contributed by atoms with Crippen LogP contribution in [-0.4, -0.2) is 11.7 Å². The first-order valence-corrected chi connectivity index (χ1v) is 5.66. The zero-order chi connectivity index (χ0) is 11.8. The van der Waals surface area contributed by atoms with Gasteiger partial charge >= 0.3 is 6.03 Å². The largest absolute Gasteiger partial charge is 0.346 e. The van der Waals surface area contributed by atoms with Crippen LogP contribution in [0.2, 0.25) is 5.02 Å². The van der Waals surface area contributed by atoms with Crippen molar-refractivity contribution in [1.82, 2.24) is 5.32 Å². The van der Waals surface area contributed by atoms with Crippen molar-refractivity contribution in [2.24, 2.45) is 4.99 Å². The fraction of sp³-hybridized carbons (Fsp3) is 0.0769. The molecule has 1 aromatic rings. The molecule has 0 bridgehead atoms. The van der Waals surface area contributed by atoms with E-state index in [4.69, 9.17) is 11.6 Å². The van der Waals surface area contributed by atoms with E-state index >= 15 is 0 Å². The van der Waals surface area contributed by atoms with Gasteiger partial charge in [0.2, 0.25) is 0 Å². The highest BCUT2D eigenvalue weighted by molar-refractivity contribution is 6.31. The summed E-state index contributed by atoms with van der Waals surface area (Å²) in [6.07, 6.45) is 5.80. The molecule has 3 nitrogen and oxygen atoms in total. The summed E-state index contributed by atoms with van der Waals surface area (Å²) >= 11 is 6.15. The predicted octanol–water partition coefficient (Wildman–Crippen LogP) is 3.04. The third-order valence-electron chi connectivity index (χ3n) is 2.81. The molecule has 2 amide bonds. The lowest BCUT2D eigenvalue weighted by Gasteiger charge is -2.15. The minimum atomic E-state index is -0.310. The lowest BCUT2D eigenvalue weighted by molar-refractivity contribution is 0.253. The zero-order valence-electron chi connectivity index (χ0n) is 8.85. The van der Waals surface area contributed by atoms with Gasteiger partial charge in [0, 0.05) is 10.9 Å². The average Bonchev–Trinajstić information content (AvgIpc) is 2.68. The molecule has 4 heteroatoms. The second-order valence-corrected chi connectivity index (χ2v) is 4.32. The molecule has 0 spiro atoms. The molecule has 0 saturated heterocycles. The molecule has 84 valence electrons. The van der Waals surface area contributed by atoms with Gasteiger partial charge in [-0.3, -0.25) is 0 Å². The molecule has 0 fully saturated rings.